The van der Waals surface area contributed by atoms with Crippen molar-refractivity contribution in [2.75, 3.05) is 13.7 Å². The highest BCUT2D eigenvalue weighted by Crippen LogP contribution is 2.44. The van der Waals surface area contributed by atoms with E-state index < -0.39 is 48.0 Å². The second-order valence-corrected chi connectivity index (χ2v) is 14.2. The number of methoxy groups -OCH3 is 1. The quantitative estimate of drug-likeness (QED) is 0.0629. The minimum atomic E-state index is -1.28. The van der Waals surface area contributed by atoms with Gasteiger partial charge in [0.05, 0.1) is 7.11 Å². The maximum absolute atomic E-state index is 14.0. The predicted octanol–water partition coefficient (Wildman–Crippen LogP) is 6.33. The van der Waals surface area contributed by atoms with Crippen molar-refractivity contribution in [3.05, 3.63) is 132 Å². The van der Waals surface area contributed by atoms with Gasteiger partial charge in [0.1, 0.15) is 31.3 Å². The zero-order valence-corrected chi connectivity index (χ0v) is 32.3. The molecule has 1 aromatic heterocycles. The van der Waals surface area contributed by atoms with Crippen LogP contribution in [-0.4, -0.2) is 66.7 Å². The van der Waals surface area contributed by atoms with Crippen molar-refractivity contribution in [1.82, 2.24) is 20.9 Å². The number of benzene rings is 4. The minimum absolute atomic E-state index is 0.0398. The van der Waals surface area contributed by atoms with Crippen LogP contribution in [0.3, 0.4) is 0 Å². The molecule has 6 rings (SSSR count). The van der Waals surface area contributed by atoms with Gasteiger partial charge in [0.25, 0.3) is 0 Å². The third-order valence-corrected chi connectivity index (χ3v) is 10.5. The Hall–Kier alpha value is -6.43. The summed E-state index contributed by atoms with van der Waals surface area (Å²) in [6.45, 7) is 3.77. The largest absolute Gasteiger partial charge is 0.467 e. The van der Waals surface area contributed by atoms with Gasteiger partial charge in [-0.3, -0.25) is 14.4 Å². The van der Waals surface area contributed by atoms with Gasteiger partial charge in [-0.25, -0.2) is 9.59 Å². The molecule has 1 heterocycles. The Bertz CT molecular complexity index is 2160. The van der Waals surface area contributed by atoms with E-state index in [1.165, 1.54) is 7.11 Å². The molecular formula is C45H48N4O8. The van der Waals surface area contributed by atoms with E-state index in [-0.39, 0.29) is 44.3 Å². The Labute approximate surface area is 331 Å². The summed E-state index contributed by atoms with van der Waals surface area (Å²) in [5.41, 5.74) is 6.70. The second kappa shape index (κ2) is 18.9. The molecule has 4 N–H and O–H groups in total. The fourth-order valence-corrected chi connectivity index (χ4v) is 7.20. The number of amides is 3. The first-order valence-electron chi connectivity index (χ1n) is 19.2. The van der Waals surface area contributed by atoms with Gasteiger partial charge in [0.2, 0.25) is 11.8 Å². The number of alkyl carbamates (subject to hydrolysis) is 1. The van der Waals surface area contributed by atoms with Crippen LogP contribution in [0.15, 0.2) is 109 Å². The number of nitrogens with one attached hydrogen (secondary N) is 4. The lowest BCUT2D eigenvalue weighted by atomic mass is 9.97. The Kier molecular flexibility index (Phi) is 13.4. The zero-order valence-electron chi connectivity index (χ0n) is 32.3. The van der Waals surface area contributed by atoms with Crippen molar-refractivity contribution < 1.29 is 38.2 Å². The molecule has 1 aliphatic carbocycles. The Balaban J connectivity index is 1.15. The third-order valence-electron chi connectivity index (χ3n) is 10.5. The maximum Gasteiger partial charge on any atom is 0.407 e. The Morgan fingerprint density at radius 2 is 1.37 bits per heavy atom. The number of aromatic nitrogens is 1. The molecule has 4 aromatic carbocycles. The van der Waals surface area contributed by atoms with Crippen molar-refractivity contribution in [1.29, 1.82) is 0 Å². The molecule has 296 valence electrons. The summed E-state index contributed by atoms with van der Waals surface area (Å²) in [4.78, 5) is 70.5. The average Bonchev–Trinajstić information content (AvgIpc) is 3.80. The summed E-state index contributed by atoms with van der Waals surface area (Å²) in [5, 5.41) is 9.10. The second-order valence-electron chi connectivity index (χ2n) is 14.2. The SMILES string of the molecule is CC[C@H](C)[C@H](NC(=O)OCC1c2ccccc2-c2ccccc21)C(=O)N[C@@H](CCC(=O)OCc1ccccc1)C(=O)N[C@@H](Cc1c[nH]c2ccccc12)C(=O)OC. The summed E-state index contributed by atoms with van der Waals surface area (Å²) in [6.07, 6.45) is 1.22. The normalized spacial score (nSPS) is 13.9. The van der Waals surface area contributed by atoms with Gasteiger partial charge in [0, 0.05) is 35.9 Å². The van der Waals surface area contributed by atoms with Crippen LogP contribution in [0.4, 0.5) is 4.79 Å². The molecule has 12 heteroatoms. The highest BCUT2D eigenvalue weighted by molar-refractivity contribution is 5.94. The number of esters is 2. The molecule has 0 bridgehead atoms. The van der Waals surface area contributed by atoms with Crippen molar-refractivity contribution in [2.24, 2.45) is 5.92 Å². The van der Waals surface area contributed by atoms with Gasteiger partial charge in [-0.15, -0.1) is 0 Å². The number of ether oxygens (including phenoxy) is 3. The molecule has 0 saturated heterocycles. The number of para-hydroxylation sites is 1. The van der Waals surface area contributed by atoms with Crippen LogP contribution in [0.1, 0.15) is 61.3 Å². The highest BCUT2D eigenvalue weighted by atomic mass is 16.5. The molecule has 3 amide bonds. The summed E-state index contributed by atoms with van der Waals surface area (Å²) in [5.74, 6) is -3.17. The first kappa shape index (κ1) is 40.2. The van der Waals surface area contributed by atoms with Gasteiger partial charge < -0.3 is 35.1 Å². The summed E-state index contributed by atoms with van der Waals surface area (Å²) < 4.78 is 16.2. The van der Waals surface area contributed by atoms with Crippen molar-refractivity contribution in [3.8, 4) is 11.1 Å². The monoisotopic (exact) mass is 772 g/mol. The molecule has 0 radical (unpaired) electrons. The highest BCUT2D eigenvalue weighted by Gasteiger charge is 2.34. The van der Waals surface area contributed by atoms with Crippen LogP contribution in [-0.2, 0) is 46.4 Å². The van der Waals surface area contributed by atoms with Crippen molar-refractivity contribution in [3.63, 3.8) is 0 Å². The first-order chi connectivity index (χ1) is 27.7. The van der Waals surface area contributed by atoms with Crippen LogP contribution in [0.25, 0.3) is 22.0 Å². The van der Waals surface area contributed by atoms with Crippen LogP contribution < -0.4 is 16.0 Å². The van der Waals surface area contributed by atoms with Crippen LogP contribution in [0, 0.1) is 5.92 Å². The first-order valence-corrected chi connectivity index (χ1v) is 19.2. The van der Waals surface area contributed by atoms with Crippen LogP contribution in [0.5, 0.6) is 0 Å². The van der Waals surface area contributed by atoms with E-state index in [0.717, 1.165) is 44.3 Å². The van der Waals surface area contributed by atoms with E-state index in [1.807, 2.05) is 110 Å². The molecule has 1 aliphatic rings. The van der Waals surface area contributed by atoms with Gasteiger partial charge >= 0.3 is 18.0 Å². The number of hydrogen-bond acceptors (Lipinski definition) is 8. The zero-order chi connectivity index (χ0) is 40.3. The Morgan fingerprint density at radius 1 is 0.737 bits per heavy atom. The van der Waals surface area contributed by atoms with Crippen LogP contribution >= 0.6 is 0 Å². The van der Waals surface area contributed by atoms with Gasteiger partial charge in [-0.05, 0) is 51.8 Å². The lowest BCUT2D eigenvalue weighted by molar-refractivity contribution is -0.147. The molecule has 12 nitrogen and oxygen atoms in total. The fourth-order valence-electron chi connectivity index (χ4n) is 7.20. The van der Waals surface area contributed by atoms with Crippen molar-refractivity contribution >= 4 is 40.7 Å². The minimum Gasteiger partial charge on any atom is -0.467 e. The molecule has 57 heavy (non-hydrogen) atoms. The molecule has 5 aromatic rings. The summed E-state index contributed by atoms with van der Waals surface area (Å²) in [7, 11) is 1.23. The van der Waals surface area contributed by atoms with E-state index in [0.29, 0.717) is 6.42 Å². The van der Waals surface area contributed by atoms with Crippen molar-refractivity contribution in [2.45, 2.75) is 70.2 Å². The standard InChI is InChI=1S/C45H48N4O8/c1-4-28(2)41(49-45(54)57-27-36-34-19-10-8-17-32(34)33-18-9-11-20-35(33)36)43(52)47-38(22-23-40(50)56-26-29-14-6-5-7-15-29)42(51)48-39(44(53)55-3)24-30-25-46-37-21-13-12-16-31(30)37/h5-21,25,28,36,38-39,41,46H,4,22-24,26-27H2,1-3H3,(H,47,52)(H,48,51)(H,49,54)/t28-,38-,39-,41-/m0/s1. The van der Waals surface area contributed by atoms with Gasteiger partial charge in [-0.1, -0.05) is 117 Å². The predicted molar refractivity (Wildman–Crippen MR) is 215 cm³/mol. The van der Waals surface area contributed by atoms with E-state index in [1.54, 1.807) is 13.1 Å². The van der Waals surface area contributed by atoms with E-state index in [2.05, 4.69) is 20.9 Å². The molecule has 0 saturated carbocycles. The van der Waals surface area contributed by atoms with E-state index >= 15 is 0 Å². The smallest absolute Gasteiger partial charge is 0.407 e. The number of carbonyl (C=O) groups is 5. The number of H-pyrrole nitrogens is 1. The molecule has 0 aliphatic heterocycles. The molecule has 0 spiro atoms. The molecule has 0 fully saturated rings. The number of rotatable bonds is 17. The third kappa shape index (κ3) is 9.88. The molecule has 0 unspecified atom stereocenters. The number of hydrogen-bond donors (Lipinski definition) is 4. The maximum atomic E-state index is 14.0. The number of fused-ring (bicyclic) bond motifs is 4. The topological polar surface area (TPSA) is 165 Å². The summed E-state index contributed by atoms with van der Waals surface area (Å²) >= 11 is 0. The number of aromatic amines is 1. The fraction of sp³-hybridized carbons (Fsp3) is 0.311. The van der Waals surface area contributed by atoms with E-state index in [4.69, 9.17) is 14.2 Å². The lowest BCUT2D eigenvalue weighted by Gasteiger charge is -2.27. The number of carbonyl (C=O) groups excluding carboxylic acids is 5. The summed E-state index contributed by atoms with van der Waals surface area (Å²) in [6, 6.07) is 29.2. The van der Waals surface area contributed by atoms with Crippen LogP contribution in [0.2, 0.25) is 0 Å². The van der Waals surface area contributed by atoms with E-state index in [9.17, 15) is 24.0 Å². The molecular weight excluding hydrogens is 725 g/mol. The Morgan fingerprint density at radius 3 is 2.05 bits per heavy atom. The molecule has 4 atom stereocenters. The average molecular weight is 773 g/mol. The van der Waals surface area contributed by atoms with Gasteiger partial charge in [0.15, 0.2) is 0 Å². The lowest BCUT2D eigenvalue weighted by Crippen LogP contribution is -2.57. The van der Waals surface area contributed by atoms with Gasteiger partial charge in [-0.2, -0.15) is 0 Å².